The highest BCUT2D eigenvalue weighted by Crippen LogP contribution is 2.29. The van der Waals surface area contributed by atoms with Crippen LogP contribution in [0.15, 0.2) is 0 Å². The van der Waals surface area contributed by atoms with Crippen LogP contribution in [-0.2, 0) is 18.4 Å². The maximum Gasteiger partial charge on any atom is 0.340 e. The van der Waals surface area contributed by atoms with Crippen LogP contribution in [0.3, 0.4) is 0 Å². The summed E-state index contributed by atoms with van der Waals surface area (Å²) >= 11 is 0. The highest BCUT2D eigenvalue weighted by atomic mass is 28.4. The third-order valence-electron chi connectivity index (χ3n) is 4.44. The molecule has 0 unspecified atom stereocenters. The second-order valence-electron chi connectivity index (χ2n) is 6.49. The van der Waals surface area contributed by atoms with Gasteiger partial charge in [0, 0.05) is 14.2 Å². The van der Waals surface area contributed by atoms with Gasteiger partial charge in [-0.2, -0.15) is 0 Å². The van der Waals surface area contributed by atoms with Crippen molar-refractivity contribution in [3.05, 3.63) is 0 Å². The fourth-order valence-corrected chi connectivity index (χ4v) is 4.68. The van der Waals surface area contributed by atoms with E-state index in [4.69, 9.17) is 13.6 Å². The molecule has 0 aromatic carbocycles. The molecular formula is C15H32O4Si. The SMILES string of the molecule is CO[Si](CCCOC(=O)C(C)(C)C(C)C)(OC)C(C)C. The molecule has 4 nitrogen and oxygen atoms in total. The Morgan fingerprint density at radius 3 is 1.95 bits per heavy atom. The Hall–Kier alpha value is -0.393. The van der Waals surface area contributed by atoms with Gasteiger partial charge in [0.2, 0.25) is 0 Å². The summed E-state index contributed by atoms with van der Waals surface area (Å²) in [5.41, 5.74) is -0.0602. The fourth-order valence-electron chi connectivity index (χ4n) is 1.95. The van der Waals surface area contributed by atoms with E-state index in [2.05, 4.69) is 13.8 Å². The van der Waals surface area contributed by atoms with Crippen LogP contribution in [0.4, 0.5) is 0 Å². The largest absolute Gasteiger partial charge is 0.465 e. The number of carbonyl (C=O) groups excluding carboxylic acids is 1. The first-order valence-corrected chi connectivity index (χ1v) is 9.51. The maximum atomic E-state index is 12.0. The van der Waals surface area contributed by atoms with Crippen molar-refractivity contribution in [2.75, 3.05) is 20.8 Å². The lowest BCUT2D eigenvalue weighted by Crippen LogP contribution is -2.43. The van der Waals surface area contributed by atoms with Crippen LogP contribution in [-0.4, -0.2) is 35.4 Å². The summed E-state index contributed by atoms with van der Waals surface area (Å²) in [5.74, 6) is 0.135. The van der Waals surface area contributed by atoms with Crippen LogP contribution in [0.2, 0.25) is 11.6 Å². The standard InChI is InChI=1S/C15H32O4Si/c1-12(2)15(5,6)14(16)19-10-9-11-20(17-7,18-8)13(3)4/h12-13H,9-11H2,1-8H3. The third-order valence-corrected chi connectivity index (χ3v) is 8.63. The van der Waals surface area contributed by atoms with Crippen molar-refractivity contribution in [1.82, 2.24) is 0 Å². The van der Waals surface area contributed by atoms with Gasteiger partial charge in [0.25, 0.3) is 0 Å². The highest BCUT2D eigenvalue weighted by Gasteiger charge is 2.39. The van der Waals surface area contributed by atoms with Gasteiger partial charge in [0.15, 0.2) is 0 Å². The molecule has 0 heterocycles. The minimum Gasteiger partial charge on any atom is -0.465 e. The lowest BCUT2D eigenvalue weighted by molar-refractivity contribution is -0.156. The molecule has 0 saturated heterocycles. The molecule has 0 bridgehead atoms. The van der Waals surface area contributed by atoms with E-state index >= 15 is 0 Å². The molecule has 0 aromatic rings. The van der Waals surface area contributed by atoms with Crippen LogP contribution in [0.1, 0.15) is 48.0 Å². The molecule has 0 aliphatic rings. The van der Waals surface area contributed by atoms with Gasteiger partial charge in [-0.25, -0.2) is 0 Å². The molecule has 120 valence electrons. The fraction of sp³-hybridized carbons (Fsp3) is 0.933. The van der Waals surface area contributed by atoms with Crippen molar-refractivity contribution in [2.45, 2.75) is 59.5 Å². The van der Waals surface area contributed by atoms with Gasteiger partial charge in [-0.05, 0) is 37.8 Å². The van der Waals surface area contributed by atoms with Gasteiger partial charge >= 0.3 is 14.5 Å². The molecule has 0 rings (SSSR count). The van der Waals surface area contributed by atoms with Crippen molar-refractivity contribution < 1.29 is 18.4 Å². The van der Waals surface area contributed by atoms with Crippen LogP contribution in [0, 0.1) is 11.3 Å². The Bertz CT molecular complexity index is 296. The predicted molar refractivity (Wildman–Crippen MR) is 83.9 cm³/mol. The molecule has 0 aromatic heterocycles. The van der Waals surface area contributed by atoms with Crippen molar-refractivity contribution in [2.24, 2.45) is 11.3 Å². The van der Waals surface area contributed by atoms with Crippen molar-refractivity contribution in [3.8, 4) is 0 Å². The minimum absolute atomic E-state index is 0.126. The van der Waals surface area contributed by atoms with Gasteiger partial charge in [-0.15, -0.1) is 0 Å². The first kappa shape index (κ1) is 19.6. The first-order valence-electron chi connectivity index (χ1n) is 7.41. The lowest BCUT2D eigenvalue weighted by Gasteiger charge is -2.31. The Balaban J connectivity index is 4.30. The van der Waals surface area contributed by atoms with Crippen LogP contribution in [0.25, 0.3) is 0 Å². The van der Waals surface area contributed by atoms with Crippen LogP contribution in [0.5, 0.6) is 0 Å². The van der Waals surface area contributed by atoms with E-state index in [9.17, 15) is 4.79 Å². The lowest BCUT2D eigenvalue weighted by atomic mass is 9.81. The molecule has 0 atom stereocenters. The van der Waals surface area contributed by atoms with E-state index in [1.54, 1.807) is 14.2 Å². The predicted octanol–water partition coefficient (Wildman–Crippen LogP) is 3.75. The summed E-state index contributed by atoms with van der Waals surface area (Å²) < 4.78 is 16.7. The molecule has 0 saturated carbocycles. The number of carbonyl (C=O) groups is 1. The van der Waals surface area contributed by atoms with E-state index < -0.39 is 14.0 Å². The zero-order chi connectivity index (χ0) is 16.0. The second-order valence-corrected chi connectivity index (χ2v) is 10.6. The molecule has 0 aliphatic carbocycles. The summed E-state index contributed by atoms with van der Waals surface area (Å²) in [6.45, 7) is 12.6. The number of ether oxygens (including phenoxy) is 1. The summed E-state index contributed by atoms with van der Waals surface area (Å²) in [6.07, 6.45) is 0.784. The molecule has 20 heavy (non-hydrogen) atoms. The molecule has 0 fully saturated rings. The number of hydrogen-bond donors (Lipinski definition) is 0. The average molecular weight is 305 g/mol. The number of rotatable bonds is 9. The molecule has 0 N–H and O–H groups in total. The Labute approximate surface area is 125 Å². The van der Waals surface area contributed by atoms with Crippen LogP contribution < -0.4 is 0 Å². The Kier molecular flexibility index (Phi) is 7.99. The summed E-state index contributed by atoms with van der Waals surface area (Å²) in [5, 5.41) is 0. The Morgan fingerprint density at radius 1 is 1.10 bits per heavy atom. The van der Waals surface area contributed by atoms with Gasteiger partial charge in [-0.3, -0.25) is 4.79 Å². The average Bonchev–Trinajstić information content (AvgIpc) is 2.38. The van der Waals surface area contributed by atoms with E-state index in [0.29, 0.717) is 12.1 Å². The number of esters is 1. The molecule has 0 radical (unpaired) electrons. The van der Waals surface area contributed by atoms with E-state index in [-0.39, 0.29) is 11.9 Å². The quantitative estimate of drug-likeness (QED) is 0.370. The zero-order valence-corrected chi connectivity index (χ0v) is 15.4. The van der Waals surface area contributed by atoms with Gasteiger partial charge in [-0.1, -0.05) is 27.7 Å². The maximum absolute atomic E-state index is 12.0. The van der Waals surface area contributed by atoms with E-state index in [1.807, 2.05) is 27.7 Å². The Morgan fingerprint density at radius 2 is 1.60 bits per heavy atom. The highest BCUT2D eigenvalue weighted by molar-refractivity contribution is 6.68. The van der Waals surface area contributed by atoms with Crippen molar-refractivity contribution in [3.63, 3.8) is 0 Å². The molecule has 0 spiro atoms. The minimum atomic E-state index is -2.15. The summed E-state index contributed by atoms with van der Waals surface area (Å²) in [6, 6.07) is 0.840. The van der Waals surface area contributed by atoms with E-state index in [1.165, 1.54) is 0 Å². The molecule has 0 aliphatic heterocycles. The van der Waals surface area contributed by atoms with E-state index in [0.717, 1.165) is 12.5 Å². The molecular weight excluding hydrogens is 272 g/mol. The molecule has 5 heteroatoms. The number of hydrogen-bond acceptors (Lipinski definition) is 4. The van der Waals surface area contributed by atoms with Crippen molar-refractivity contribution in [1.29, 1.82) is 0 Å². The topological polar surface area (TPSA) is 44.8 Å². The zero-order valence-electron chi connectivity index (χ0n) is 14.4. The second kappa shape index (κ2) is 8.15. The molecule has 0 amide bonds. The van der Waals surface area contributed by atoms with Gasteiger partial charge in [0.05, 0.1) is 12.0 Å². The normalized spacial score (nSPS) is 13.1. The third kappa shape index (κ3) is 4.86. The van der Waals surface area contributed by atoms with Gasteiger partial charge < -0.3 is 13.6 Å². The monoisotopic (exact) mass is 304 g/mol. The van der Waals surface area contributed by atoms with Gasteiger partial charge in [0.1, 0.15) is 0 Å². The first-order chi connectivity index (χ1) is 9.14. The smallest absolute Gasteiger partial charge is 0.340 e. The summed E-state index contributed by atoms with van der Waals surface area (Å²) in [7, 11) is 1.27. The summed E-state index contributed by atoms with van der Waals surface area (Å²) in [4.78, 5) is 12.0. The van der Waals surface area contributed by atoms with Crippen LogP contribution >= 0.6 is 0 Å². The van der Waals surface area contributed by atoms with Crippen molar-refractivity contribution >= 4 is 14.5 Å².